The van der Waals surface area contributed by atoms with Gasteiger partial charge < -0.3 is 10.6 Å². The van der Waals surface area contributed by atoms with Gasteiger partial charge in [0.25, 0.3) is 0 Å². The number of rotatable bonds is 11. The summed E-state index contributed by atoms with van der Waals surface area (Å²) >= 11 is 6.38. The Morgan fingerprint density at radius 3 is 2.35 bits per heavy atom. The van der Waals surface area contributed by atoms with E-state index in [2.05, 4.69) is 54.0 Å². The second kappa shape index (κ2) is 12.9. The third-order valence-corrected chi connectivity index (χ3v) is 10.2. The van der Waals surface area contributed by atoms with Crippen LogP contribution in [0.4, 0.5) is 11.4 Å². The van der Waals surface area contributed by atoms with E-state index in [1.165, 1.54) is 108 Å². The zero-order valence-electron chi connectivity index (χ0n) is 25.7. The van der Waals surface area contributed by atoms with Gasteiger partial charge in [-0.2, -0.15) is 0 Å². The number of para-hydroxylation sites is 1. The number of aryl methyl sites for hydroxylation is 1. The first-order valence-electron chi connectivity index (χ1n) is 16.8. The van der Waals surface area contributed by atoms with Gasteiger partial charge >= 0.3 is 0 Å². The molecule has 224 valence electrons. The molecule has 0 saturated heterocycles. The van der Waals surface area contributed by atoms with Crippen LogP contribution >= 0.6 is 11.6 Å². The van der Waals surface area contributed by atoms with Gasteiger partial charge in [-0.3, -0.25) is 9.97 Å². The van der Waals surface area contributed by atoms with Gasteiger partial charge in [0.05, 0.1) is 11.0 Å². The number of nitrogens with zero attached hydrogens (tertiary/aromatic N) is 2. The second-order valence-corrected chi connectivity index (χ2v) is 13.7. The number of anilines is 2. The first-order valence-corrected chi connectivity index (χ1v) is 17.2. The summed E-state index contributed by atoms with van der Waals surface area (Å²) in [6, 6.07) is 14.9. The summed E-state index contributed by atoms with van der Waals surface area (Å²) < 4.78 is 0. The summed E-state index contributed by atoms with van der Waals surface area (Å²) in [7, 11) is 0. The van der Waals surface area contributed by atoms with Gasteiger partial charge in [-0.05, 0) is 106 Å². The maximum atomic E-state index is 6.38. The molecule has 2 N–H and O–H groups in total. The van der Waals surface area contributed by atoms with Gasteiger partial charge in [0.1, 0.15) is 0 Å². The average molecular weight is 593 g/mol. The smallest absolute Gasteiger partial charge is 0.0741 e. The predicted molar refractivity (Wildman–Crippen MR) is 183 cm³/mol. The Morgan fingerprint density at radius 1 is 0.767 bits per heavy atom. The van der Waals surface area contributed by atoms with E-state index in [0.717, 1.165) is 54.8 Å². The highest BCUT2D eigenvalue weighted by Gasteiger charge is 2.33. The van der Waals surface area contributed by atoms with Gasteiger partial charge in [0.15, 0.2) is 0 Å². The first-order chi connectivity index (χ1) is 21.1. The van der Waals surface area contributed by atoms with E-state index < -0.39 is 0 Å². The number of aromatic nitrogens is 2. The SMILES string of the molecule is CC1=C[C@H]2Cc3nc4cc(Cl)ccc4c(NCCCCCCCCNc4c5c(nc6ccccc46)CCCC5)c3[C@@H](C1)C2. The fourth-order valence-electron chi connectivity index (χ4n) is 8.03. The van der Waals surface area contributed by atoms with Crippen LogP contribution in [0.1, 0.15) is 99.6 Å². The lowest BCUT2D eigenvalue weighted by Gasteiger charge is -2.36. The van der Waals surface area contributed by atoms with E-state index in [9.17, 15) is 0 Å². The lowest BCUT2D eigenvalue weighted by atomic mass is 9.71. The van der Waals surface area contributed by atoms with Crippen LogP contribution in [0.5, 0.6) is 0 Å². The number of benzene rings is 2. The Labute approximate surface area is 261 Å². The van der Waals surface area contributed by atoms with E-state index >= 15 is 0 Å². The van der Waals surface area contributed by atoms with Gasteiger partial charge in [-0.1, -0.05) is 67.1 Å². The van der Waals surface area contributed by atoms with Crippen LogP contribution in [-0.2, 0) is 19.3 Å². The Balaban J connectivity index is 0.902. The van der Waals surface area contributed by atoms with Crippen molar-refractivity contribution in [2.75, 3.05) is 23.7 Å². The van der Waals surface area contributed by atoms with E-state index in [4.69, 9.17) is 21.6 Å². The van der Waals surface area contributed by atoms with Gasteiger partial charge in [-0.25, -0.2) is 0 Å². The predicted octanol–water partition coefficient (Wildman–Crippen LogP) is 10.2. The molecule has 4 aromatic rings. The summed E-state index contributed by atoms with van der Waals surface area (Å²) in [5, 5.41) is 11.0. The van der Waals surface area contributed by atoms with Crippen molar-refractivity contribution in [2.45, 2.75) is 96.3 Å². The van der Waals surface area contributed by atoms with E-state index in [0.29, 0.717) is 11.8 Å². The number of unbranched alkanes of at least 4 members (excludes halogenated alkanes) is 5. The Hall–Kier alpha value is -3.11. The largest absolute Gasteiger partial charge is 0.384 e. The molecule has 0 unspecified atom stereocenters. The second-order valence-electron chi connectivity index (χ2n) is 13.2. The minimum absolute atomic E-state index is 0.582. The molecular weight excluding hydrogens is 548 g/mol. The van der Waals surface area contributed by atoms with Crippen LogP contribution in [-0.4, -0.2) is 23.1 Å². The molecule has 4 nitrogen and oxygen atoms in total. The molecule has 2 bridgehead atoms. The minimum atomic E-state index is 0.582. The molecule has 0 fully saturated rings. The standard InChI is InChI=1S/C38H45ClN4/c1-25-20-26-22-27(21-25)36-35(23-26)43-34-24-28(39)16-17-31(34)38(36)41-19-11-5-3-2-4-10-18-40-37-29-12-6-8-14-32(29)42-33-15-9-7-13-30(33)37/h6,8,12,14,16-17,20,24,26-27H,2-5,7,9-11,13,15,18-19,21-23H2,1H3,(H,40,42)(H,41,43)/t26-,27+/m1/s1. The lowest BCUT2D eigenvalue weighted by Crippen LogP contribution is -2.24. The van der Waals surface area contributed by atoms with Crippen molar-refractivity contribution in [2.24, 2.45) is 5.92 Å². The Kier molecular flexibility index (Phi) is 8.57. The van der Waals surface area contributed by atoms with Crippen molar-refractivity contribution in [3.05, 3.63) is 81.7 Å². The Morgan fingerprint density at radius 2 is 1.49 bits per heavy atom. The molecule has 7 rings (SSSR count). The molecule has 43 heavy (non-hydrogen) atoms. The molecule has 3 aliphatic rings. The van der Waals surface area contributed by atoms with Crippen molar-refractivity contribution < 1.29 is 0 Å². The molecule has 2 aromatic carbocycles. The van der Waals surface area contributed by atoms with Crippen molar-refractivity contribution in [1.82, 2.24) is 9.97 Å². The number of allylic oxidation sites excluding steroid dienone is 2. The zero-order chi connectivity index (χ0) is 29.2. The van der Waals surface area contributed by atoms with E-state index in [1.54, 1.807) is 0 Å². The van der Waals surface area contributed by atoms with Crippen molar-refractivity contribution in [3.63, 3.8) is 0 Å². The molecule has 0 radical (unpaired) electrons. The number of nitrogens with one attached hydrogen (secondary N) is 2. The van der Waals surface area contributed by atoms with Crippen LogP contribution in [0.2, 0.25) is 5.02 Å². The molecule has 2 atom stereocenters. The summed E-state index contributed by atoms with van der Waals surface area (Å²) in [6.07, 6.45) is 18.4. The number of hydrogen-bond donors (Lipinski definition) is 2. The molecule has 0 aliphatic heterocycles. The highest BCUT2D eigenvalue weighted by Crippen LogP contribution is 2.47. The minimum Gasteiger partial charge on any atom is -0.384 e. The maximum absolute atomic E-state index is 6.38. The summed E-state index contributed by atoms with van der Waals surface area (Å²) in [5.41, 5.74) is 11.9. The molecule has 5 heteroatoms. The summed E-state index contributed by atoms with van der Waals surface area (Å²) in [5.74, 6) is 1.21. The molecule has 0 spiro atoms. The summed E-state index contributed by atoms with van der Waals surface area (Å²) in [6.45, 7) is 4.36. The fourth-order valence-corrected chi connectivity index (χ4v) is 8.20. The molecular formula is C38H45ClN4. The van der Waals surface area contributed by atoms with Crippen LogP contribution in [0.15, 0.2) is 54.1 Å². The number of hydrogen-bond acceptors (Lipinski definition) is 4. The number of pyridine rings is 2. The monoisotopic (exact) mass is 592 g/mol. The highest BCUT2D eigenvalue weighted by atomic mass is 35.5. The van der Waals surface area contributed by atoms with Crippen LogP contribution < -0.4 is 10.6 Å². The van der Waals surface area contributed by atoms with E-state index in [-0.39, 0.29) is 0 Å². The maximum Gasteiger partial charge on any atom is 0.0741 e. The Bertz CT molecular complexity index is 1660. The topological polar surface area (TPSA) is 49.8 Å². The first kappa shape index (κ1) is 28.6. The molecule has 0 amide bonds. The van der Waals surface area contributed by atoms with Crippen molar-refractivity contribution in [1.29, 1.82) is 0 Å². The number of fused-ring (bicyclic) bond motifs is 7. The van der Waals surface area contributed by atoms with Crippen molar-refractivity contribution in [3.8, 4) is 0 Å². The number of halogens is 1. The molecule has 3 aliphatic carbocycles. The molecule has 0 saturated carbocycles. The quantitative estimate of drug-likeness (QED) is 0.134. The third kappa shape index (κ3) is 6.13. The molecule has 2 aromatic heterocycles. The van der Waals surface area contributed by atoms with E-state index in [1.807, 2.05) is 12.1 Å². The zero-order valence-corrected chi connectivity index (χ0v) is 26.4. The average Bonchev–Trinajstić information content (AvgIpc) is 3.00. The lowest BCUT2D eigenvalue weighted by molar-refractivity contribution is 0.433. The van der Waals surface area contributed by atoms with Gasteiger partial charge in [0, 0.05) is 57.2 Å². The van der Waals surface area contributed by atoms with Gasteiger partial charge in [0.2, 0.25) is 0 Å². The molecule has 2 heterocycles. The van der Waals surface area contributed by atoms with Crippen LogP contribution in [0.25, 0.3) is 21.8 Å². The van der Waals surface area contributed by atoms with Crippen LogP contribution in [0, 0.1) is 5.92 Å². The van der Waals surface area contributed by atoms with Crippen molar-refractivity contribution >= 4 is 44.8 Å². The van der Waals surface area contributed by atoms with Gasteiger partial charge in [-0.15, -0.1) is 0 Å². The normalized spacial score (nSPS) is 19.2. The highest BCUT2D eigenvalue weighted by molar-refractivity contribution is 6.31. The van der Waals surface area contributed by atoms with Crippen LogP contribution in [0.3, 0.4) is 0 Å². The summed E-state index contributed by atoms with van der Waals surface area (Å²) in [4.78, 5) is 10.1. The third-order valence-electron chi connectivity index (χ3n) is 9.98. The fraction of sp³-hybridized carbons (Fsp3) is 0.474.